The Morgan fingerprint density at radius 2 is 2.08 bits per heavy atom. The van der Waals surface area contributed by atoms with Crippen molar-refractivity contribution >= 4 is 25.2 Å². The number of hydrogen-bond acceptors (Lipinski definition) is 4. The zero-order valence-corrected chi connectivity index (χ0v) is 17.0. The molecule has 26 heavy (non-hydrogen) atoms. The van der Waals surface area contributed by atoms with Crippen LogP contribution in [-0.2, 0) is 0 Å². The van der Waals surface area contributed by atoms with Crippen LogP contribution in [0.15, 0.2) is 68.3 Å². The second-order valence-corrected chi connectivity index (χ2v) is 8.38. The van der Waals surface area contributed by atoms with Gasteiger partial charge < -0.3 is 5.32 Å². The topological polar surface area (TPSA) is 36.8 Å². The van der Waals surface area contributed by atoms with Crippen molar-refractivity contribution in [3.05, 3.63) is 58.3 Å². The van der Waals surface area contributed by atoms with E-state index >= 15 is 0 Å². The van der Waals surface area contributed by atoms with Gasteiger partial charge in [-0.15, -0.1) is 11.8 Å². The molecule has 2 rings (SSSR count). The van der Waals surface area contributed by atoms with Crippen LogP contribution in [0.25, 0.3) is 0 Å². The highest BCUT2D eigenvalue weighted by molar-refractivity contribution is 8.03. The Hall–Kier alpha value is -1.65. The van der Waals surface area contributed by atoms with E-state index in [1.165, 1.54) is 18.4 Å². The fourth-order valence-corrected chi connectivity index (χ4v) is 4.62. The fourth-order valence-electron chi connectivity index (χ4n) is 3.26. The molecule has 0 saturated carbocycles. The summed E-state index contributed by atoms with van der Waals surface area (Å²) >= 11 is 1.85. The predicted octanol–water partition coefficient (Wildman–Crippen LogP) is 5.46. The van der Waals surface area contributed by atoms with E-state index in [2.05, 4.69) is 61.3 Å². The van der Waals surface area contributed by atoms with Crippen LogP contribution < -0.4 is 5.32 Å². The molecule has 0 bridgehead atoms. The Labute approximate surface area is 162 Å². The minimum Gasteiger partial charge on any atom is -0.317 e. The van der Waals surface area contributed by atoms with Crippen molar-refractivity contribution in [2.75, 3.05) is 18.8 Å². The molecule has 0 unspecified atom stereocenters. The molecule has 2 aliphatic rings. The summed E-state index contributed by atoms with van der Waals surface area (Å²) in [5.74, 6) is 1.05. The molecule has 1 aliphatic heterocycles. The van der Waals surface area contributed by atoms with E-state index in [1.807, 2.05) is 17.8 Å². The summed E-state index contributed by atoms with van der Waals surface area (Å²) in [7, 11) is 0. The molecule has 0 aromatic carbocycles. The lowest BCUT2D eigenvalue weighted by atomic mass is 9.83. The molecule has 0 radical (unpaired) electrons. The summed E-state index contributed by atoms with van der Waals surface area (Å²) in [4.78, 5) is 9.33. The smallest absolute Gasteiger partial charge is 0.0833 e. The molecule has 0 spiro atoms. The average molecular weight is 370 g/mol. The van der Waals surface area contributed by atoms with Gasteiger partial charge in [0.05, 0.1) is 5.70 Å². The van der Waals surface area contributed by atoms with E-state index in [9.17, 15) is 0 Å². The van der Waals surface area contributed by atoms with Crippen LogP contribution in [-0.4, -0.2) is 32.3 Å². The van der Waals surface area contributed by atoms with Crippen LogP contribution in [0.2, 0.25) is 0 Å². The first-order valence-corrected chi connectivity index (χ1v) is 10.2. The monoisotopic (exact) mass is 369 g/mol. The maximum Gasteiger partial charge on any atom is 0.0833 e. The standard InChI is InChI=1S/C22H31N3S/c1-17-7-6-8-19(15-17)20(24-5)21(18(2)9-12-23-4)26-16-22(3)10-13-25-14-11-22/h8-9,12,15,25H,2,4-7,10-11,13-14,16H2,1,3H3/b12-9-,21-20-. The molecule has 0 atom stereocenters. The summed E-state index contributed by atoms with van der Waals surface area (Å²) in [5.41, 5.74) is 4.72. The highest BCUT2D eigenvalue weighted by Crippen LogP contribution is 2.40. The predicted molar refractivity (Wildman–Crippen MR) is 118 cm³/mol. The number of nitrogens with zero attached hydrogens (tertiary/aromatic N) is 2. The first-order valence-electron chi connectivity index (χ1n) is 9.23. The lowest BCUT2D eigenvalue weighted by Gasteiger charge is -2.34. The third-order valence-corrected chi connectivity index (χ3v) is 6.59. The Kier molecular flexibility index (Phi) is 7.85. The van der Waals surface area contributed by atoms with Crippen molar-refractivity contribution in [3.63, 3.8) is 0 Å². The minimum atomic E-state index is 0.334. The number of rotatable bonds is 8. The van der Waals surface area contributed by atoms with Gasteiger partial charge in [-0.3, -0.25) is 9.98 Å². The number of hydrogen-bond donors (Lipinski definition) is 1. The number of allylic oxidation sites excluding steroid dienone is 5. The van der Waals surface area contributed by atoms with Crippen molar-refractivity contribution in [2.24, 2.45) is 15.4 Å². The quantitative estimate of drug-likeness (QED) is 0.456. The average Bonchev–Trinajstić information content (AvgIpc) is 2.63. The largest absolute Gasteiger partial charge is 0.317 e. The van der Waals surface area contributed by atoms with E-state index in [4.69, 9.17) is 0 Å². The van der Waals surface area contributed by atoms with Crippen molar-refractivity contribution in [3.8, 4) is 0 Å². The molecule has 0 aromatic rings. The molecule has 4 heteroatoms. The van der Waals surface area contributed by atoms with Crippen LogP contribution in [0.3, 0.4) is 0 Å². The van der Waals surface area contributed by atoms with Gasteiger partial charge in [0.15, 0.2) is 0 Å². The van der Waals surface area contributed by atoms with Crippen LogP contribution in [0.1, 0.15) is 39.5 Å². The normalized spacial score (nSPS) is 20.8. The summed E-state index contributed by atoms with van der Waals surface area (Å²) in [6.07, 6.45) is 12.6. The molecular formula is C22H31N3S. The van der Waals surface area contributed by atoms with Gasteiger partial charge in [-0.05, 0) is 81.8 Å². The summed E-state index contributed by atoms with van der Waals surface area (Å²) in [6, 6.07) is 0. The van der Waals surface area contributed by atoms with E-state index in [-0.39, 0.29) is 0 Å². The van der Waals surface area contributed by atoms with Gasteiger partial charge >= 0.3 is 0 Å². The molecule has 1 heterocycles. The first-order chi connectivity index (χ1) is 12.5. The van der Waals surface area contributed by atoms with Crippen LogP contribution in [0.4, 0.5) is 0 Å². The van der Waals surface area contributed by atoms with Gasteiger partial charge in [0.25, 0.3) is 0 Å². The summed E-state index contributed by atoms with van der Waals surface area (Å²) in [6.45, 7) is 18.4. The Balaban J connectivity index is 2.33. The molecule has 3 nitrogen and oxygen atoms in total. The third-order valence-electron chi connectivity index (χ3n) is 5.00. The van der Waals surface area contributed by atoms with Crippen molar-refractivity contribution in [2.45, 2.75) is 39.5 Å². The molecule has 1 saturated heterocycles. The Bertz CT molecular complexity index is 674. The van der Waals surface area contributed by atoms with Gasteiger partial charge in [0, 0.05) is 16.9 Å². The van der Waals surface area contributed by atoms with Gasteiger partial charge in [-0.2, -0.15) is 0 Å². The second kappa shape index (κ2) is 9.89. The minimum absolute atomic E-state index is 0.334. The Morgan fingerprint density at radius 3 is 2.69 bits per heavy atom. The van der Waals surface area contributed by atoms with E-state index < -0.39 is 0 Å². The van der Waals surface area contributed by atoms with E-state index in [0.29, 0.717) is 5.41 Å². The summed E-state index contributed by atoms with van der Waals surface area (Å²) in [5, 5.41) is 3.45. The molecular weight excluding hydrogens is 338 g/mol. The number of aliphatic imine (C=N–C) groups is 2. The maximum absolute atomic E-state index is 4.40. The van der Waals surface area contributed by atoms with Crippen molar-refractivity contribution < 1.29 is 0 Å². The fraction of sp³-hybridized carbons (Fsp3) is 0.455. The van der Waals surface area contributed by atoms with Gasteiger partial charge in [0.1, 0.15) is 0 Å². The van der Waals surface area contributed by atoms with Gasteiger partial charge in [0.2, 0.25) is 0 Å². The zero-order valence-electron chi connectivity index (χ0n) is 16.2. The van der Waals surface area contributed by atoms with Gasteiger partial charge in [-0.1, -0.05) is 31.2 Å². The molecule has 0 aromatic heterocycles. The second-order valence-electron chi connectivity index (χ2n) is 7.40. The van der Waals surface area contributed by atoms with Crippen molar-refractivity contribution in [1.29, 1.82) is 0 Å². The van der Waals surface area contributed by atoms with Crippen molar-refractivity contribution in [1.82, 2.24) is 5.32 Å². The highest BCUT2D eigenvalue weighted by atomic mass is 32.2. The van der Waals surface area contributed by atoms with Crippen LogP contribution >= 0.6 is 11.8 Å². The Morgan fingerprint density at radius 1 is 1.35 bits per heavy atom. The van der Waals surface area contributed by atoms with E-state index in [0.717, 1.165) is 53.4 Å². The molecule has 1 aliphatic carbocycles. The van der Waals surface area contributed by atoms with E-state index in [1.54, 1.807) is 6.20 Å². The SMILES string of the molecule is C=N/C=C\C(=C)/C(SCC1(C)CCNCC1)=C(/N=C)C1=CCCC(C)=C1. The first kappa shape index (κ1) is 20.7. The zero-order chi connectivity index (χ0) is 19.0. The van der Waals surface area contributed by atoms with Crippen LogP contribution in [0, 0.1) is 5.41 Å². The molecule has 0 amide bonds. The lowest BCUT2D eigenvalue weighted by molar-refractivity contribution is 0.266. The third kappa shape index (κ3) is 5.68. The number of thioether (sulfide) groups is 1. The summed E-state index contributed by atoms with van der Waals surface area (Å²) < 4.78 is 0. The molecule has 140 valence electrons. The molecule has 1 fully saturated rings. The number of piperidine rings is 1. The van der Waals surface area contributed by atoms with Crippen LogP contribution in [0.5, 0.6) is 0 Å². The molecule has 1 N–H and O–H groups in total. The maximum atomic E-state index is 4.40. The lowest BCUT2D eigenvalue weighted by Crippen LogP contribution is -2.36. The highest BCUT2D eigenvalue weighted by Gasteiger charge is 2.28. The van der Waals surface area contributed by atoms with Gasteiger partial charge in [-0.25, -0.2) is 0 Å². The number of nitrogens with one attached hydrogen (secondary N) is 1.